The molecule has 11 heteroatoms. The number of imidazole rings is 1. The van der Waals surface area contributed by atoms with E-state index in [0.717, 1.165) is 31.6 Å². The first-order valence-electron chi connectivity index (χ1n) is 12.7. The van der Waals surface area contributed by atoms with E-state index in [1.807, 2.05) is 41.8 Å². The first-order chi connectivity index (χ1) is 19.1. The Labute approximate surface area is 236 Å². The molecule has 0 saturated carbocycles. The van der Waals surface area contributed by atoms with Crippen LogP contribution in [0.25, 0.3) is 22.0 Å². The minimum absolute atomic E-state index is 0.0307. The number of aromatic nitrogens is 5. The number of carbonyl (C=O) groups excluding carboxylic acids is 1. The third-order valence-corrected chi connectivity index (χ3v) is 7.85. The van der Waals surface area contributed by atoms with E-state index in [9.17, 15) is 18.0 Å². The molecule has 2 aromatic carbocycles. The average molecular weight is 609 g/mol. The molecule has 0 saturated heterocycles. The summed E-state index contributed by atoms with van der Waals surface area (Å²) in [5.74, 6) is 0.521. The largest absolute Gasteiger partial charge is 0.435 e. The third-order valence-electron chi connectivity index (χ3n) is 7.19. The molecule has 0 bridgehead atoms. The van der Waals surface area contributed by atoms with Crippen molar-refractivity contribution >= 4 is 32.7 Å². The van der Waals surface area contributed by atoms with Crippen LogP contribution < -0.4 is 0 Å². The van der Waals surface area contributed by atoms with E-state index in [0.29, 0.717) is 41.8 Å². The fourth-order valence-corrected chi connectivity index (χ4v) is 5.92. The van der Waals surface area contributed by atoms with Gasteiger partial charge in [-0.1, -0.05) is 34.1 Å². The van der Waals surface area contributed by atoms with Crippen LogP contribution in [-0.4, -0.2) is 41.7 Å². The van der Waals surface area contributed by atoms with E-state index in [4.69, 9.17) is 4.98 Å². The second-order valence-corrected chi connectivity index (χ2v) is 10.8. The van der Waals surface area contributed by atoms with E-state index in [1.165, 1.54) is 13.2 Å². The highest BCUT2D eigenvalue weighted by Crippen LogP contribution is 2.40. The van der Waals surface area contributed by atoms with Gasteiger partial charge in [-0.05, 0) is 54.3 Å². The van der Waals surface area contributed by atoms with Crippen LogP contribution in [0.4, 0.5) is 13.2 Å². The Balaban J connectivity index is 1.43. The Morgan fingerprint density at radius 2 is 1.82 bits per heavy atom. The normalized spacial score (nSPS) is 13.8. The zero-order chi connectivity index (χ0) is 28.2. The van der Waals surface area contributed by atoms with Gasteiger partial charge in [-0.15, -0.1) is 0 Å². The second-order valence-electron chi connectivity index (χ2n) is 9.92. The summed E-state index contributed by atoms with van der Waals surface area (Å²) in [7, 11) is 1.46. The monoisotopic (exact) mass is 608 g/mol. The predicted molar refractivity (Wildman–Crippen MR) is 148 cm³/mol. The first kappa shape index (κ1) is 26.2. The summed E-state index contributed by atoms with van der Waals surface area (Å²) in [5.41, 5.74) is 2.61. The number of halogens is 4. The minimum atomic E-state index is -4.64. The number of aryl methyl sites for hydroxylation is 2. The number of fused-ring (bicyclic) bond motifs is 2. The number of para-hydroxylation sites is 1. The molecule has 4 heterocycles. The minimum Gasteiger partial charge on any atom is -0.332 e. The molecule has 5 aromatic rings. The van der Waals surface area contributed by atoms with Gasteiger partial charge in [0.2, 0.25) is 0 Å². The average Bonchev–Trinajstić information content (AvgIpc) is 3.50. The molecule has 3 aromatic heterocycles. The highest BCUT2D eigenvalue weighted by Gasteiger charge is 2.39. The summed E-state index contributed by atoms with van der Waals surface area (Å²) in [5, 5.41) is 4.69. The van der Waals surface area contributed by atoms with Gasteiger partial charge < -0.3 is 9.47 Å². The lowest BCUT2D eigenvalue weighted by atomic mass is 9.88. The van der Waals surface area contributed by atoms with Crippen LogP contribution in [0.1, 0.15) is 38.7 Å². The number of nitrogens with zero attached hydrogens (tertiary/aromatic N) is 6. The SMILES string of the molecule is Cc1nccn1Cc1cc2c(c(-c3cn(C)nc3C(F)(F)F)c1)CCN(Cc1cc(Br)c3ccccc3n1)C2=O. The van der Waals surface area contributed by atoms with E-state index in [-0.39, 0.29) is 18.0 Å². The van der Waals surface area contributed by atoms with Crippen molar-refractivity contribution in [3.05, 3.63) is 99.4 Å². The van der Waals surface area contributed by atoms with Crippen LogP contribution in [0.15, 0.2) is 65.5 Å². The van der Waals surface area contributed by atoms with Crippen molar-refractivity contribution in [3.8, 4) is 11.1 Å². The van der Waals surface area contributed by atoms with Crippen LogP contribution in [0.3, 0.4) is 0 Å². The molecule has 1 aliphatic heterocycles. The van der Waals surface area contributed by atoms with E-state index >= 15 is 0 Å². The molecule has 0 radical (unpaired) electrons. The Bertz CT molecular complexity index is 1770. The predicted octanol–water partition coefficient (Wildman–Crippen LogP) is 6.17. The number of benzene rings is 2. The molecule has 204 valence electrons. The third kappa shape index (κ3) is 4.78. The van der Waals surface area contributed by atoms with Crippen LogP contribution in [-0.2, 0) is 32.7 Å². The van der Waals surface area contributed by atoms with Crippen molar-refractivity contribution in [2.24, 2.45) is 7.05 Å². The summed E-state index contributed by atoms with van der Waals surface area (Å²) >= 11 is 3.61. The Morgan fingerprint density at radius 3 is 2.58 bits per heavy atom. The highest BCUT2D eigenvalue weighted by atomic mass is 79.9. The van der Waals surface area contributed by atoms with E-state index in [2.05, 4.69) is 26.0 Å². The van der Waals surface area contributed by atoms with Crippen molar-refractivity contribution < 1.29 is 18.0 Å². The van der Waals surface area contributed by atoms with Gasteiger partial charge in [0.15, 0.2) is 5.69 Å². The van der Waals surface area contributed by atoms with Crippen LogP contribution in [0.2, 0.25) is 0 Å². The maximum absolute atomic E-state index is 14.0. The number of hydrogen-bond donors (Lipinski definition) is 0. The van der Waals surface area contributed by atoms with Crippen LogP contribution in [0, 0.1) is 6.92 Å². The lowest BCUT2D eigenvalue weighted by Crippen LogP contribution is -2.37. The Morgan fingerprint density at radius 1 is 1.05 bits per heavy atom. The fourth-order valence-electron chi connectivity index (χ4n) is 5.32. The van der Waals surface area contributed by atoms with Crippen LogP contribution in [0.5, 0.6) is 0 Å². The quantitative estimate of drug-likeness (QED) is 0.239. The van der Waals surface area contributed by atoms with E-state index in [1.54, 1.807) is 29.4 Å². The zero-order valence-corrected chi connectivity index (χ0v) is 23.3. The first-order valence-corrected chi connectivity index (χ1v) is 13.5. The van der Waals surface area contributed by atoms with Crippen molar-refractivity contribution in [2.45, 2.75) is 32.6 Å². The molecule has 0 fully saturated rings. The number of amides is 1. The summed E-state index contributed by atoms with van der Waals surface area (Å²) in [6.45, 7) is 2.85. The topological polar surface area (TPSA) is 68.8 Å². The summed E-state index contributed by atoms with van der Waals surface area (Å²) < 4.78 is 45.9. The molecule has 7 nitrogen and oxygen atoms in total. The van der Waals surface area contributed by atoms with Crippen molar-refractivity contribution in [1.82, 2.24) is 29.2 Å². The smallest absolute Gasteiger partial charge is 0.332 e. The van der Waals surface area contributed by atoms with Crippen molar-refractivity contribution in [2.75, 3.05) is 6.54 Å². The lowest BCUT2D eigenvalue weighted by Gasteiger charge is -2.30. The summed E-state index contributed by atoms with van der Waals surface area (Å²) in [6, 6.07) is 13.2. The molecule has 0 atom stereocenters. The van der Waals surface area contributed by atoms with Crippen LogP contribution >= 0.6 is 15.9 Å². The number of hydrogen-bond acceptors (Lipinski definition) is 4. The van der Waals surface area contributed by atoms with Crippen molar-refractivity contribution in [3.63, 3.8) is 0 Å². The number of rotatable bonds is 5. The molecule has 6 rings (SSSR count). The van der Waals surface area contributed by atoms with Gasteiger partial charge in [-0.25, -0.2) is 4.98 Å². The highest BCUT2D eigenvalue weighted by molar-refractivity contribution is 9.10. The summed E-state index contributed by atoms with van der Waals surface area (Å²) in [4.78, 5) is 24.6. The summed E-state index contributed by atoms with van der Waals surface area (Å²) in [6.07, 6.45) is 0.607. The van der Waals surface area contributed by atoms with Gasteiger partial charge in [-0.2, -0.15) is 18.3 Å². The number of carbonyl (C=O) groups is 1. The standard InChI is InChI=1S/C29H24BrF3N6O/c1-17-34-8-10-38(17)14-18-11-22(24-16-37(2)36-27(24)29(31,32)33)20-7-9-39(28(40)23(20)12-18)15-19-13-25(30)21-5-3-4-6-26(21)35-19/h3-6,8,10-13,16H,7,9,14-15H2,1-2H3. The molecule has 40 heavy (non-hydrogen) atoms. The van der Waals surface area contributed by atoms with Gasteiger partial charge in [0.25, 0.3) is 5.91 Å². The lowest BCUT2D eigenvalue weighted by molar-refractivity contribution is -0.140. The Hall–Kier alpha value is -3.99. The molecule has 0 N–H and O–H groups in total. The van der Waals surface area contributed by atoms with Crippen molar-refractivity contribution in [1.29, 1.82) is 0 Å². The second kappa shape index (κ2) is 9.88. The number of alkyl halides is 3. The molecule has 1 amide bonds. The maximum Gasteiger partial charge on any atom is 0.435 e. The number of pyridine rings is 1. The van der Waals surface area contributed by atoms with Gasteiger partial charge in [0.05, 0.1) is 17.8 Å². The van der Waals surface area contributed by atoms with Gasteiger partial charge in [-0.3, -0.25) is 14.5 Å². The zero-order valence-electron chi connectivity index (χ0n) is 21.7. The van der Waals surface area contributed by atoms with Gasteiger partial charge in [0, 0.05) is 59.7 Å². The van der Waals surface area contributed by atoms with Gasteiger partial charge >= 0.3 is 6.18 Å². The maximum atomic E-state index is 14.0. The molecule has 1 aliphatic rings. The molecule has 0 spiro atoms. The molecular formula is C29H24BrF3N6O. The molecule has 0 aliphatic carbocycles. The fraction of sp³-hybridized carbons (Fsp3) is 0.241. The molecular weight excluding hydrogens is 585 g/mol. The molecule has 0 unspecified atom stereocenters. The van der Waals surface area contributed by atoms with E-state index < -0.39 is 11.9 Å². The van der Waals surface area contributed by atoms with Gasteiger partial charge in [0.1, 0.15) is 5.82 Å². The Kier molecular flexibility index (Phi) is 6.48.